The Morgan fingerprint density at radius 2 is 2.19 bits per heavy atom. The van der Waals surface area contributed by atoms with Crippen LogP contribution in [0.25, 0.3) is 0 Å². The molecule has 0 spiro atoms. The van der Waals surface area contributed by atoms with E-state index in [9.17, 15) is 13.2 Å². The molecule has 2 aliphatic heterocycles. The van der Waals surface area contributed by atoms with E-state index in [2.05, 4.69) is 0 Å². The highest BCUT2D eigenvalue weighted by molar-refractivity contribution is 7.89. The summed E-state index contributed by atoms with van der Waals surface area (Å²) in [5.41, 5.74) is 0.856. The number of carbonyl (C=O) groups is 1. The first-order chi connectivity index (χ1) is 9.89. The van der Waals surface area contributed by atoms with Crippen LogP contribution < -0.4 is 4.74 Å². The Kier molecular flexibility index (Phi) is 3.41. The number of sulfonamides is 1. The van der Waals surface area contributed by atoms with Gasteiger partial charge in [0.25, 0.3) is 0 Å². The average Bonchev–Trinajstić information content (AvgIpc) is 3.02. The number of hydrogen-bond donors (Lipinski definition) is 1. The highest BCUT2D eigenvalue weighted by atomic mass is 32.2. The average molecular weight is 311 g/mol. The molecule has 2 aliphatic rings. The lowest BCUT2D eigenvalue weighted by Crippen LogP contribution is -2.40. The van der Waals surface area contributed by atoms with Gasteiger partial charge in [0.15, 0.2) is 0 Å². The zero-order chi connectivity index (χ0) is 15.2. The van der Waals surface area contributed by atoms with Gasteiger partial charge in [-0.05, 0) is 43.5 Å². The van der Waals surface area contributed by atoms with Gasteiger partial charge in [-0.1, -0.05) is 0 Å². The second kappa shape index (κ2) is 4.99. The van der Waals surface area contributed by atoms with E-state index in [0.29, 0.717) is 25.0 Å². The van der Waals surface area contributed by atoms with Crippen molar-refractivity contribution in [1.82, 2.24) is 4.31 Å². The van der Waals surface area contributed by atoms with Gasteiger partial charge in [-0.15, -0.1) is 0 Å². The van der Waals surface area contributed by atoms with Crippen LogP contribution in [0.2, 0.25) is 0 Å². The highest BCUT2D eigenvalue weighted by Gasteiger charge is 2.39. The van der Waals surface area contributed by atoms with E-state index in [0.717, 1.165) is 9.87 Å². The molecule has 0 radical (unpaired) electrons. The molecule has 0 amide bonds. The van der Waals surface area contributed by atoms with Crippen molar-refractivity contribution < 1.29 is 23.1 Å². The smallest absolute Gasteiger partial charge is 0.322 e. The van der Waals surface area contributed by atoms with Crippen molar-refractivity contribution in [2.75, 3.05) is 6.54 Å². The molecule has 2 atom stereocenters. The van der Waals surface area contributed by atoms with Crippen LogP contribution in [-0.2, 0) is 21.2 Å². The van der Waals surface area contributed by atoms with E-state index >= 15 is 0 Å². The number of hydrogen-bond acceptors (Lipinski definition) is 4. The molecule has 0 aliphatic carbocycles. The van der Waals surface area contributed by atoms with Gasteiger partial charge in [0.05, 0.1) is 4.90 Å². The van der Waals surface area contributed by atoms with Gasteiger partial charge in [-0.25, -0.2) is 8.42 Å². The molecule has 0 saturated carbocycles. The number of carboxylic acid groups (broad SMARTS) is 1. The fraction of sp³-hybridized carbons (Fsp3) is 0.500. The third-order valence-electron chi connectivity index (χ3n) is 3.96. The van der Waals surface area contributed by atoms with Crippen LogP contribution in [0.3, 0.4) is 0 Å². The number of ether oxygens (including phenoxy) is 1. The summed E-state index contributed by atoms with van der Waals surface area (Å²) in [6.07, 6.45) is 1.64. The topological polar surface area (TPSA) is 83.9 Å². The molecular formula is C14H17NO5S. The molecular weight excluding hydrogens is 294 g/mol. The maximum atomic E-state index is 12.7. The fourth-order valence-electron chi connectivity index (χ4n) is 2.97. The minimum absolute atomic E-state index is 0.0384. The summed E-state index contributed by atoms with van der Waals surface area (Å²) in [5.74, 6) is -0.383. The Balaban J connectivity index is 1.96. The summed E-state index contributed by atoms with van der Waals surface area (Å²) in [4.78, 5) is 11.3. The molecule has 0 bridgehead atoms. The van der Waals surface area contributed by atoms with Crippen molar-refractivity contribution in [2.45, 2.75) is 43.2 Å². The van der Waals surface area contributed by atoms with Gasteiger partial charge in [0.1, 0.15) is 17.9 Å². The normalized spacial score (nSPS) is 25.6. The molecule has 3 rings (SSSR count). The van der Waals surface area contributed by atoms with E-state index in [4.69, 9.17) is 9.84 Å². The van der Waals surface area contributed by atoms with Gasteiger partial charge < -0.3 is 9.84 Å². The van der Waals surface area contributed by atoms with Gasteiger partial charge in [-0.2, -0.15) is 4.31 Å². The minimum atomic E-state index is -3.78. The van der Waals surface area contributed by atoms with Crippen LogP contribution in [-0.4, -0.2) is 42.5 Å². The Morgan fingerprint density at radius 1 is 1.43 bits per heavy atom. The van der Waals surface area contributed by atoms with E-state index < -0.39 is 22.0 Å². The molecule has 21 heavy (non-hydrogen) atoms. The monoisotopic (exact) mass is 311 g/mol. The maximum absolute atomic E-state index is 12.7. The Morgan fingerprint density at radius 3 is 2.90 bits per heavy atom. The van der Waals surface area contributed by atoms with Crippen LogP contribution in [0.5, 0.6) is 5.75 Å². The summed E-state index contributed by atoms with van der Waals surface area (Å²) in [6, 6.07) is 3.78. The molecule has 7 heteroatoms. The summed E-state index contributed by atoms with van der Waals surface area (Å²) in [5, 5.41) is 9.16. The predicted molar refractivity (Wildman–Crippen MR) is 74.8 cm³/mol. The van der Waals surface area contributed by atoms with Crippen molar-refractivity contribution in [3.63, 3.8) is 0 Å². The highest BCUT2D eigenvalue weighted by Crippen LogP contribution is 2.33. The first-order valence-corrected chi connectivity index (χ1v) is 8.38. The fourth-order valence-corrected chi connectivity index (χ4v) is 4.67. The Bertz CT molecular complexity index is 685. The standard InChI is InChI=1S/C14H17NO5S/c1-9-7-10-8-11(4-5-13(10)20-9)21(18,19)15-6-2-3-12(15)14(16)17/h4-5,8-9,12H,2-3,6-7H2,1H3,(H,16,17). The van der Waals surface area contributed by atoms with Crippen LogP contribution in [0.15, 0.2) is 23.1 Å². The van der Waals surface area contributed by atoms with Crippen molar-refractivity contribution in [3.05, 3.63) is 23.8 Å². The number of carboxylic acids is 1. The summed E-state index contributed by atoms with van der Waals surface area (Å²) < 4.78 is 32.0. The summed E-state index contributed by atoms with van der Waals surface area (Å²) >= 11 is 0. The zero-order valence-corrected chi connectivity index (χ0v) is 12.5. The molecule has 1 aromatic carbocycles. The molecule has 1 aromatic rings. The molecule has 2 unspecified atom stereocenters. The zero-order valence-electron chi connectivity index (χ0n) is 11.7. The van der Waals surface area contributed by atoms with Crippen molar-refractivity contribution in [2.24, 2.45) is 0 Å². The predicted octanol–water partition coefficient (Wildman–Crippen LogP) is 1.25. The number of fused-ring (bicyclic) bond motifs is 1. The van der Waals surface area contributed by atoms with E-state index in [1.165, 1.54) is 6.07 Å². The molecule has 2 heterocycles. The van der Waals surface area contributed by atoms with Crippen LogP contribution in [0.1, 0.15) is 25.3 Å². The summed E-state index contributed by atoms with van der Waals surface area (Å²) in [6.45, 7) is 2.18. The molecule has 114 valence electrons. The largest absolute Gasteiger partial charge is 0.490 e. The van der Waals surface area contributed by atoms with Gasteiger partial charge in [0, 0.05) is 13.0 Å². The molecule has 6 nitrogen and oxygen atoms in total. The minimum Gasteiger partial charge on any atom is -0.490 e. The van der Waals surface area contributed by atoms with Crippen molar-refractivity contribution in [3.8, 4) is 5.75 Å². The van der Waals surface area contributed by atoms with Gasteiger partial charge >= 0.3 is 5.97 Å². The van der Waals surface area contributed by atoms with Crippen molar-refractivity contribution in [1.29, 1.82) is 0 Å². The first kappa shape index (κ1) is 14.3. The van der Waals surface area contributed by atoms with Crippen molar-refractivity contribution >= 4 is 16.0 Å². The van der Waals surface area contributed by atoms with E-state index in [1.54, 1.807) is 12.1 Å². The summed E-state index contributed by atoms with van der Waals surface area (Å²) in [7, 11) is -3.78. The van der Waals surface area contributed by atoms with Gasteiger partial charge in [0.2, 0.25) is 10.0 Å². The Labute approximate surface area is 123 Å². The lowest BCUT2D eigenvalue weighted by atomic mass is 10.1. The molecule has 1 fully saturated rings. The molecule has 1 saturated heterocycles. The number of benzene rings is 1. The lowest BCUT2D eigenvalue weighted by molar-refractivity contribution is -0.140. The second-order valence-electron chi connectivity index (χ2n) is 5.51. The number of rotatable bonds is 3. The first-order valence-electron chi connectivity index (χ1n) is 6.94. The second-order valence-corrected chi connectivity index (χ2v) is 7.40. The molecule has 0 aromatic heterocycles. The van der Waals surface area contributed by atoms with E-state index in [1.807, 2.05) is 6.92 Å². The van der Waals surface area contributed by atoms with Crippen LogP contribution >= 0.6 is 0 Å². The van der Waals surface area contributed by atoms with Crippen LogP contribution in [0.4, 0.5) is 0 Å². The third kappa shape index (κ3) is 2.40. The quantitative estimate of drug-likeness (QED) is 0.908. The van der Waals surface area contributed by atoms with Gasteiger partial charge in [-0.3, -0.25) is 4.79 Å². The SMILES string of the molecule is CC1Cc2cc(S(=O)(=O)N3CCCC3C(=O)O)ccc2O1. The lowest BCUT2D eigenvalue weighted by Gasteiger charge is -2.21. The number of aliphatic carboxylic acids is 1. The van der Waals surface area contributed by atoms with Crippen LogP contribution in [0, 0.1) is 0 Å². The maximum Gasteiger partial charge on any atom is 0.322 e. The Hall–Kier alpha value is -1.60. The van der Waals surface area contributed by atoms with E-state index in [-0.39, 0.29) is 17.5 Å². The number of nitrogens with zero attached hydrogens (tertiary/aromatic N) is 1. The third-order valence-corrected chi connectivity index (χ3v) is 5.87. The molecule has 1 N–H and O–H groups in total.